The van der Waals surface area contributed by atoms with Crippen LogP contribution in [0.25, 0.3) is 10.9 Å². The molecule has 0 radical (unpaired) electrons. The lowest BCUT2D eigenvalue weighted by Crippen LogP contribution is -2.49. The molecule has 0 aliphatic carbocycles. The number of fused-ring (bicyclic) bond motifs is 1. The number of likely N-dealkylation sites (tertiary alicyclic amines) is 1. The van der Waals surface area contributed by atoms with Gasteiger partial charge in [0.15, 0.2) is 0 Å². The van der Waals surface area contributed by atoms with Crippen LogP contribution in [0.15, 0.2) is 108 Å². The largest absolute Gasteiger partial charge is 0.444 e. The van der Waals surface area contributed by atoms with Crippen LogP contribution in [-0.2, 0) is 16.8 Å². The van der Waals surface area contributed by atoms with E-state index in [9.17, 15) is 14.9 Å². The lowest BCUT2D eigenvalue weighted by atomic mass is 9.77. The monoisotopic (exact) mass is 695 g/mol. The van der Waals surface area contributed by atoms with Gasteiger partial charge in [-0.3, -0.25) is 10.1 Å². The van der Waals surface area contributed by atoms with E-state index in [1.54, 1.807) is 11.0 Å². The van der Waals surface area contributed by atoms with E-state index in [1.807, 2.05) is 86.1 Å². The number of nitro benzene ring substituents is 1. The van der Waals surface area contributed by atoms with Gasteiger partial charge in [-0.1, -0.05) is 91.0 Å². The number of halogens is 1. The molecule has 1 aliphatic rings. The number of aromatic nitrogens is 2. The van der Waals surface area contributed by atoms with E-state index in [0.29, 0.717) is 28.8 Å². The molecule has 0 saturated carbocycles. The lowest BCUT2D eigenvalue weighted by Gasteiger charge is -2.37. The molecular formula is C37H38BrN5O4. The van der Waals surface area contributed by atoms with Crippen LogP contribution >= 0.6 is 15.9 Å². The maximum Gasteiger partial charge on any atom is 0.410 e. The number of amides is 1. The summed E-state index contributed by atoms with van der Waals surface area (Å²) in [5, 5.41) is 22.0. The van der Waals surface area contributed by atoms with E-state index in [1.165, 1.54) is 0 Å². The molecule has 10 heteroatoms. The third-order valence-corrected chi connectivity index (χ3v) is 9.16. The Bertz CT molecular complexity index is 1780. The van der Waals surface area contributed by atoms with Gasteiger partial charge in [0.25, 0.3) is 5.69 Å². The minimum atomic E-state index is -0.936. The number of nitrogens with zero attached hydrogens (tertiary/aromatic N) is 4. The molecule has 1 unspecified atom stereocenters. The van der Waals surface area contributed by atoms with Crippen molar-refractivity contribution in [1.82, 2.24) is 20.0 Å². The zero-order chi connectivity index (χ0) is 33.2. The molecule has 4 aromatic carbocycles. The van der Waals surface area contributed by atoms with Crippen LogP contribution in [0.2, 0.25) is 0 Å². The van der Waals surface area contributed by atoms with E-state index < -0.39 is 11.1 Å². The molecule has 1 N–H and O–H groups in total. The summed E-state index contributed by atoms with van der Waals surface area (Å²) in [4.78, 5) is 26.7. The van der Waals surface area contributed by atoms with Crippen molar-refractivity contribution in [3.05, 3.63) is 140 Å². The van der Waals surface area contributed by atoms with E-state index in [2.05, 4.69) is 57.6 Å². The Hall–Kier alpha value is -4.54. The van der Waals surface area contributed by atoms with Crippen LogP contribution < -0.4 is 5.32 Å². The fourth-order valence-corrected chi connectivity index (χ4v) is 7.00. The van der Waals surface area contributed by atoms with E-state index in [0.717, 1.165) is 34.9 Å². The number of carbonyl (C=O) groups is 1. The zero-order valence-corrected chi connectivity index (χ0v) is 28.3. The lowest BCUT2D eigenvalue weighted by molar-refractivity contribution is -0.385. The molecule has 0 bridgehead atoms. The van der Waals surface area contributed by atoms with E-state index in [-0.39, 0.29) is 29.3 Å². The second-order valence-corrected chi connectivity index (χ2v) is 13.7. The van der Waals surface area contributed by atoms with E-state index in [4.69, 9.17) is 9.84 Å². The molecule has 2 heterocycles. The molecule has 0 spiro atoms. The smallest absolute Gasteiger partial charge is 0.410 e. The first-order valence-corrected chi connectivity index (χ1v) is 16.6. The Morgan fingerprint density at radius 3 is 2.02 bits per heavy atom. The SMILES string of the molecule is CC(C)(C)OC(=O)N1CCCC(NCc2cc3c(Br)nn(C(c4ccccc4)(c4ccccc4)c4ccccc4)c3cc2[N+](=O)[O-])C1. The third kappa shape index (κ3) is 6.53. The quantitative estimate of drug-likeness (QED) is 0.100. The third-order valence-electron chi connectivity index (χ3n) is 8.58. The fraction of sp³-hybridized carbons (Fsp3) is 0.297. The van der Waals surface area contributed by atoms with Gasteiger partial charge in [-0.2, -0.15) is 5.10 Å². The Labute approximate surface area is 282 Å². The van der Waals surface area contributed by atoms with Crippen molar-refractivity contribution >= 4 is 38.6 Å². The topological polar surface area (TPSA) is 103 Å². The average Bonchev–Trinajstić information content (AvgIpc) is 3.39. The van der Waals surface area contributed by atoms with Crippen molar-refractivity contribution in [2.24, 2.45) is 0 Å². The van der Waals surface area contributed by atoms with Gasteiger partial charge in [0.05, 0.1) is 10.4 Å². The Morgan fingerprint density at radius 2 is 1.51 bits per heavy atom. The molecule has 6 rings (SSSR count). The summed E-state index contributed by atoms with van der Waals surface area (Å²) in [7, 11) is 0. The van der Waals surface area contributed by atoms with Crippen molar-refractivity contribution < 1.29 is 14.5 Å². The summed E-state index contributed by atoms with van der Waals surface area (Å²) in [5.74, 6) is 0. The molecule has 9 nitrogen and oxygen atoms in total. The molecule has 5 aromatic rings. The van der Waals surface area contributed by atoms with Crippen molar-refractivity contribution in [2.75, 3.05) is 13.1 Å². The van der Waals surface area contributed by atoms with Crippen LogP contribution in [0, 0.1) is 10.1 Å². The number of benzene rings is 4. The first-order chi connectivity index (χ1) is 22.6. The van der Waals surface area contributed by atoms with Crippen LogP contribution in [0.1, 0.15) is 55.9 Å². The molecule has 47 heavy (non-hydrogen) atoms. The highest BCUT2D eigenvalue weighted by Gasteiger charge is 2.41. The summed E-state index contributed by atoms with van der Waals surface area (Å²) < 4.78 is 8.08. The molecule has 1 amide bonds. The molecule has 1 saturated heterocycles. The number of ether oxygens (including phenoxy) is 1. The Kier molecular flexibility index (Phi) is 9.16. The second-order valence-electron chi connectivity index (χ2n) is 12.9. The summed E-state index contributed by atoms with van der Waals surface area (Å²) in [5.41, 5.74) is 2.55. The standard InChI is InChI=1S/C37H38BrN5O4/c1-36(2,3)47-35(44)41-21-13-20-30(25-41)39-24-26-22-31-33(23-32(26)43(45)46)42(40-34(31)38)37(27-14-7-4-8-15-27,28-16-9-5-10-17-28)29-18-11-6-12-19-29/h4-12,14-19,22-23,30,39H,13,20-21,24-25H2,1-3H3. The normalized spacial score (nSPS) is 15.5. The van der Waals surface area contributed by atoms with Gasteiger partial charge in [-0.25, -0.2) is 9.48 Å². The van der Waals surface area contributed by atoms with Gasteiger partial charge in [0.2, 0.25) is 0 Å². The number of hydrogen-bond donors (Lipinski definition) is 1. The van der Waals surface area contributed by atoms with Crippen LogP contribution in [0.4, 0.5) is 10.5 Å². The molecule has 1 aliphatic heterocycles. The molecule has 1 atom stereocenters. The average molecular weight is 697 g/mol. The number of nitro groups is 1. The molecule has 1 aromatic heterocycles. The number of piperidine rings is 1. The van der Waals surface area contributed by atoms with Gasteiger partial charge >= 0.3 is 6.09 Å². The number of rotatable bonds is 8. The van der Waals surface area contributed by atoms with E-state index >= 15 is 0 Å². The molecular weight excluding hydrogens is 658 g/mol. The molecule has 1 fully saturated rings. The van der Waals surface area contributed by atoms with Gasteiger partial charge < -0.3 is 15.0 Å². The number of hydrogen-bond acceptors (Lipinski definition) is 6. The molecule has 242 valence electrons. The summed E-state index contributed by atoms with van der Waals surface area (Å²) in [6.45, 7) is 6.91. The van der Waals surface area contributed by atoms with Gasteiger partial charge in [-0.15, -0.1) is 0 Å². The van der Waals surface area contributed by atoms with Crippen LogP contribution in [0.3, 0.4) is 0 Å². The highest BCUT2D eigenvalue weighted by molar-refractivity contribution is 9.10. The first kappa shape index (κ1) is 32.4. The van der Waals surface area contributed by atoms with Crippen molar-refractivity contribution in [3.8, 4) is 0 Å². The minimum Gasteiger partial charge on any atom is -0.444 e. The van der Waals surface area contributed by atoms with Gasteiger partial charge in [0.1, 0.15) is 15.7 Å². The predicted molar refractivity (Wildman–Crippen MR) is 186 cm³/mol. The van der Waals surface area contributed by atoms with Gasteiger partial charge in [0, 0.05) is 42.7 Å². The second kappa shape index (κ2) is 13.3. The Morgan fingerprint density at radius 1 is 0.957 bits per heavy atom. The maximum atomic E-state index is 12.7. The Balaban J connectivity index is 1.44. The van der Waals surface area contributed by atoms with Gasteiger partial charge in [-0.05, 0) is 72.3 Å². The van der Waals surface area contributed by atoms with Crippen LogP contribution in [-0.4, -0.2) is 50.4 Å². The highest BCUT2D eigenvalue weighted by Crippen LogP contribution is 2.44. The summed E-state index contributed by atoms with van der Waals surface area (Å²) in [6.07, 6.45) is 1.33. The minimum absolute atomic E-state index is 0.00143. The van der Waals surface area contributed by atoms with Crippen molar-refractivity contribution in [1.29, 1.82) is 0 Å². The predicted octanol–water partition coefficient (Wildman–Crippen LogP) is 8.04. The van der Waals surface area contributed by atoms with Crippen molar-refractivity contribution in [2.45, 2.75) is 57.3 Å². The maximum absolute atomic E-state index is 12.7. The first-order valence-electron chi connectivity index (χ1n) is 15.8. The zero-order valence-electron chi connectivity index (χ0n) is 26.7. The fourth-order valence-electron chi connectivity index (χ4n) is 6.52. The number of nitrogens with one attached hydrogen (secondary N) is 1. The van der Waals surface area contributed by atoms with Crippen molar-refractivity contribution in [3.63, 3.8) is 0 Å². The van der Waals surface area contributed by atoms with Crippen LogP contribution in [0.5, 0.6) is 0 Å². The highest BCUT2D eigenvalue weighted by atomic mass is 79.9. The summed E-state index contributed by atoms with van der Waals surface area (Å²) >= 11 is 3.72. The summed E-state index contributed by atoms with van der Waals surface area (Å²) in [6, 6.07) is 33.8. The number of carbonyl (C=O) groups excluding carboxylic acids is 1.